The van der Waals surface area contributed by atoms with Gasteiger partial charge in [0.25, 0.3) is 0 Å². The molecule has 31 heavy (non-hydrogen) atoms. The maximum atomic E-state index is 12.3. The second kappa shape index (κ2) is 9.38. The van der Waals surface area contributed by atoms with Crippen LogP contribution in [0.5, 0.6) is 11.5 Å². The summed E-state index contributed by atoms with van der Waals surface area (Å²) in [6, 6.07) is 18.4. The lowest BCUT2D eigenvalue weighted by atomic mass is 10.0. The molecule has 0 bridgehead atoms. The summed E-state index contributed by atoms with van der Waals surface area (Å²) < 4.78 is 46.8. The molecular formula is C24H19F3O4. The first-order valence-corrected chi connectivity index (χ1v) is 9.29. The van der Waals surface area contributed by atoms with Gasteiger partial charge in [-0.15, -0.1) is 13.2 Å². The van der Waals surface area contributed by atoms with Crippen molar-refractivity contribution >= 4 is 12.0 Å². The smallest absolute Gasteiger partial charge is 0.488 e. The average Bonchev–Trinajstić information content (AvgIpc) is 2.70. The van der Waals surface area contributed by atoms with Gasteiger partial charge in [-0.25, -0.2) is 4.79 Å². The predicted octanol–water partition coefficient (Wildman–Crippen LogP) is 6.24. The molecule has 0 atom stereocenters. The van der Waals surface area contributed by atoms with Crippen molar-refractivity contribution in [3.8, 4) is 22.6 Å². The Bertz CT molecular complexity index is 1090. The van der Waals surface area contributed by atoms with Crippen molar-refractivity contribution in [2.24, 2.45) is 0 Å². The summed E-state index contributed by atoms with van der Waals surface area (Å²) in [5, 5.41) is 8.98. The molecule has 0 aliphatic carbocycles. The molecule has 4 nitrogen and oxygen atoms in total. The van der Waals surface area contributed by atoms with Crippen molar-refractivity contribution in [2.45, 2.75) is 19.9 Å². The summed E-state index contributed by atoms with van der Waals surface area (Å²) in [7, 11) is 0. The number of carboxylic acids is 1. The van der Waals surface area contributed by atoms with Crippen LogP contribution in [0.2, 0.25) is 0 Å². The van der Waals surface area contributed by atoms with Crippen molar-refractivity contribution in [1.82, 2.24) is 0 Å². The zero-order valence-corrected chi connectivity index (χ0v) is 16.5. The number of carbonyl (C=O) groups is 1. The van der Waals surface area contributed by atoms with Crippen molar-refractivity contribution in [3.63, 3.8) is 0 Å². The fourth-order valence-corrected chi connectivity index (χ4v) is 2.96. The number of rotatable bonds is 7. The average molecular weight is 428 g/mol. The molecule has 0 saturated heterocycles. The van der Waals surface area contributed by atoms with Crippen LogP contribution < -0.4 is 9.47 Å². The molecule has 0 aliphatic heterocycles. The Hall–Kier alpha value is -3.74. The van der Waals surface area contributed by atoms with Gasteiger partial charge >= 0.3 is 12.3 Å². The van der Waals surface area contributed by atoms with E-state index in [2.05, 4.69) is 4.74 Å². The van der Waals surface area contributed by atoms with E-state index >= 15 is 0 Å². The highest BCUT2D eigenvalue weighted by molar-refractivity contribution is 5.86. The number of alkyl halides is 3. The van der Waals surface area contributed by atoms with E-state index in [4.69, 9.17) is 9.84 Å². The molecule has 0 amide bonds. The van der Waals surface area contributed by atoms with Crippen LogP contribution in [0.1, 0.15) is 16.7 Å². The van der Waals surface area contributed by atoms with Gasteiger partial charge in [0.15, 0.2) is 0 Å². The van der Waals surface area contributed by atoms with Crippen molar-refractivity contribution in [1.29, 1.82) is 0 Å². The summed E-state index contributed by atoms with van der Waals surface area (Å²) in [6.07, 6.45) is -2.34. The van der Waals surface area contributed by atoms with Crippen LogP contribution in [0, 0.1) is 6.92 Å². The lowest BCUT2D eigenvalue weighted by molar-refractivity contribution is -0.274. The summed E-state index contributed by atoms with van der Waals surface area (Å²) in [5.41, 5.74) is 3.93. The largest absolute Gasteiger partial charge is 0.573 e. The topological polar surface area (TPSA) is 55.8 Å². The Morgan fingerprint density at radius 3 is 2.35 bits per heavy atom. The Kier molecular flexibility index (Phi) is 6.65. The molecule has 0 saturated carbocycles. The summed E-state index contributed by atoms with van der Waals surface area (Å²) >= 11 is 0. The maximum absolute atomic E-state index is 12.3. The predicted molar refractivity (Wildman–Crippen MR) is 111 cm³/mol. The minimum absolute atomic E-state index is 0.304. The number of hydrogen-bond donors (Lipinski definition) is 1. The van der Waals surface area contributed by atoms with E-state index in [0.29, 0.717) is 29.0 Å². The summed E-state index contributed by atoms with van der Waals surface area (Å²) in [5.74, 6) is -0.941. The van der Waals surface area contributed by atoms with E-state index in [1.807, 2.05) is 31.2 Å². The quantitative estimate of drug-likeness (QED) is 0.453. The van der Waals surface area contributed by atoms with Gasteiger partial charge in [0, 0.05) is 11.6 Å². The van der Waals surface area contributed by atoms with E-state index in [1.54, 1.807) is 18.2 Å². The molecule has 0 aromatic heterocycles. The number of hydrogen-bond acceptors (Lipinski definition) is 3. The Balaban J connectivity index is 1.85. The van der Waals surface area contributed by atoms with Crippen LogP contribution in [-0.4, -0.2) is 17.4 Å². The fraction of sp³-hybridized carbons (Fsp3) is 0.125. The monoisotopic (exact) mass is 428 g/mol. The van der Waals surface area contributed by atoms with Gasteiger partial charge < -0.3 is 14.6 Å². The number of halogens is 3. The van der Waals surface area contributed by atoms with Crippen molar-refractivity contribution < 1.29 is 32.5 Å². The second-order valence-electron chi connectivity index (χ2n) is 6.77. The first kappa shape index (κ1) is 22.0. The van der Waals surface area contributed by atoms with Gasteiger partial charge in [0.2, 0.25) is 0 Å². The van der Waals surface area contributed by atoms with E-state index < -0.39 is 12.3 Å². The van der Waals surface area contributed by atoms with E-state index in [9.17, 15) is 18.0 Å². The van der Waals surface area contributed by atoms with E-state index in [1.165, 1.54) is 30.3 Å². The number of ether oxygens (including phenoxy) is 2. The van der Waals surface area contributed by atoms with Gasteiger partial charge in [-0.05, 0) is 54.0 Å². The van der Waals surface area contributed by atoms with Gasteiger partial charge in [-0.1, -0.05) is 48.0 Å². The highest BCUT2D eigenvalue weighted by Gasteiger charge is 2.30. The van der Waals surface area contributed by atoms with Crippen LogP contribution in [0.25, 0.3) is 17.2 Å². The van der Waals surface area contributed by atoms with Gasteiger partial charge in [-0.2, -0.15) is 0 Å². The van der Waals surface area contributed by atoms with E-state index in [-0.39, 0.29) is 5.75 Å². The highest BCUT2D eigenvalue weighted by Crippen LogP contribution is 2.31. The van der Waals surface area contributed by atoms with Crippen molar-refractivity contribution in [3.05, 3.63) is 89.5 Å². The first-order valence-electron chi connectivity index (χ1n) is 9.29. The number of benzene rings is 3. The third-order valence-corrected chi connectivity index (χ3v) is 4.31. The molecule has 0 unspecified atom stereocenters. The Morgan fingerprint density at radius 2 is 1.71 bits per heavy atom. The standard InChI is InChI=1S/C24H19F3O4/c1-16-3-2-4-17(13-16)15-30-22-11-7-19(14-20(22)8-12-23(28)29)18-5-9-21(10-6-18)31-24(25,26)27/h2-14H,15H2,1H3,(H,28,29)/b12-8+. The summed E-state index contributed by atoms with van der Waals surface area (Å²) in [4.78, 5) is 11.0. The minimum atomic E-state index is -4.76. The molecule has 0 radical (unpaired) electrons. The zero-order chi connectivity index (χ0) is 22.4. The molecular weight excluding hydrogens is 409 g/mol. The second-order valence-corrected chi connectivity index (χ2v) is 6.77. The van der Waals surface area contributed by atoms with Crippen LogP contribution in [-0.2, 0) is 11.4 Å². The van der Waals surface area contributed by atoms with Gasteiger partial charge in [0.1, 0.15) is 18.1 Å². The molecule has 3 aromatic rings. The third-order valence-electron chi connectivity index (χ3n) is 4.31. The molecule has 7 heteroatoms. The number of aliphatic carboxylic acids is 1. The number of carboxylic acid groups (broad SMARTS) is 1. The zero-order valence-electron chi connectivity index (χ0n) is 16.5. The Morgan fingerprint density at radius 1 is 1.00 bits per heavy atom. The van der Waals surface area contributed by atoms with Gasteiger partial charge in [0.05, 0.1) is 0 Å². The van der Waals surface area contributed by atoms with Crippen LogP contribution in [0.4, 0.5) is 13.2 Å². The maximum Gasteiger partial charge on any atom is 0.573 e. The lowest BCUT2D eigenvalue weighted by Crippen LogP contribution is -2.16. The molecule has 0 fully saturated rings. The molecule has 0 spiro atoms. The molecule has 160 valence electrons. The van der Waals surface area contributed by atoms with Crippen LogP contribution in [0.3, 0.4) is 0 Å². The van der Waals surface area contributed by atoms with Crippen LogP contribution >= 0.6 is 0 Å². The molecule has 3 rings (SSSR count). The lowest BCUT2D eigenvalue weighted by Gasteiger charge is -2.13. The third kappa shape index (κ3) is 6.64. The first-order chi connectivity index (χ1) is 14.7. The highest BCUT2D eigenvalue weighted by atomic mass is 19.4. The molecule has 0 aliphatic rings. The summed E-state index contributed by atoms with van der Waals surface area (Å²) in [6.45, 7) is 2.28. The fourth-order valence-electron chi connectivity index (χ4n) is 2.96. The Labute approximate surface area is 177 Å². The normalized spacial score (nSPS) is 11.5. The van der Waals surface area contributed by atoms with Crippen molar-refractivity contribution in [2.75, 3.05) is 0 Å². The molecule has 0 heterocycles. The minimum Gasteiger partial charge on any atom is -0.488 e. The van der Waals surface area contributed by atoms with Gasteiger partial charge in [-0.3, -0.25) is 0 Å². The molecule has 1 N–H and O–H groups in total. The van der Waals surface area contributed by atoms with E-state index in [0.717, 1.165) is 17.2 Å². The molecule has 3 aromatic carbocycles. The van der Waals surface area contributed by atoms with Crippen LogP contribution in [0.15, 0.2) is 72.8 Å². The number of aryl methyl sites for hydroxylation is 1. The SMILES string of the molecule is Cc1cccc(COc2ccc(-c3ccc(OC(F)(F)F)cc3)cc2/C=C/C(=O)O)c1.